The van der Waals surface area contributed by atoms with Crippen LogP contribution in [0.5, 0.6) is 0 Å². The van der Waals surface area contributed by atoms with Gasteiger partial charge < -0.3 is 23.4 Å². The second-order valence-corrected chi connectivity index (χ2v) is 22.6. The minimum absolute atomic E-state index is 1.02. The lowest BCUT2D eigenvalue weighted by Gasteiger charge is -2.39. The molecule has 0 aromatic heterocycles. The van der Waals surface area contributed by atoms with Crippen molar-refractivity contribution in [3.05, 3.63) is 28.8 Å². The summed E-state index contributed by atoms with van der Waals surface area (Å²) in [6.07, 6.45) is 32.4. The molecule has 0 bridgehead atoms. The number of unbranched alkanes of at least 4 members (excludes halogenated alkanes) is 11. The number of rotatable bonds is 36. The molecule has 0 saturated heterocycles. The van der Waals surface area contributed by atoms with E-state index in [1.807, 2.05) is 13.1 Å². The van der Waals surface area contributed by atoms with Crippen molar-refractivity contribution in [2.45, 2.75) is 250 Å². The molecule has 0 aliphatic heterocycles. The number of benzene rings is 1. The Labute approximate surface area is 373 Å². The zero-order chi connectivity index (χ0) is 44.8. The molecule has 1 aromatic carbocycles. The highest BCUT2D eigenvalue weighted by Crippen LogP contribution is 2.24. The van der Waals surface area contributed by atoms with Gasteiger partial charge in [-0.3, -0.25) is 0 Å². The minimum atomic E-state index is -2.49. The molecule has 0 saturated carbocycles. The van der Waals surface area contributed by atoms with E-state index in [0.717, 1.165) is 37.3 Å². The van der Waals surface area contributed by atoms with Gasteiger partial charge in [-0.2, -0.15) is 0 Å². The van der Waals surface area contributed by atoms with Crippen LogP contribution in [0.4, 0.5) is 0 Å². The van der Waals surface area contributed by atoms with Gasteiger partial charge in [0.25, 0.3) is 0 Å². The number of hydrogen-bond acceptors (Lipinski definition) is 3. The molecule has 0 N–H and O–H groups in total. The Hall–Kier alpha value is -0.698. The molecule has 7 heteroatoms. The summed E-state index contributed by atoms with van der Waals surface area (Å²) in [7, 11) is -4.68. The molecule has 0 aliphatic rings. The molecule has 0 fully saturated rings. The normalized spacial score (nSPS) is 11.9. The molecule has 0 aliphatic carbocycles. The summed E-state index contributed by atoms with van der Waals surface area (Å²) in [5.41, 5.74) is 4.30. The Morgan fingerprint density at radius 2 is 0.678 bits per heavy atom. The fourth-order valence-electron chi connectivity index (χ4n) is 8.80. The van der Waals surface area contributed by atoms with E-state index in [4.69, 9.17) is 4.34 Å². The summed E-state index contributed by atoms with van der Waals surface area (Å²) in [4.78, 5) is 0. The van der Waals surface area contributed by atoms with Gasteiger partial charge in [0.2, 0.25) is 0 Å². The van der Waals surface area contributed by atoms with Gasteiger partial charge in [0.15, 0.2) is 8.32 Å². The van der Waals surface area contributed by atoms with Crippen molar-refractivity contribution in [3.63, 3.8) is 0 Å². The van der Waals surface area contributed by atoms with Crippen LogP contribution >= 0.6 is 0 Å². The first kappa shape index (κ1) is 60.4. The predicted molar refractivity (Wildman–Crippen MR) is 265 cm³/mol. The van der Waals surface area contributed by atoms with E-state index in [0.29, 0.717) is 0 Å². The zero-order valence-corrected chi connectivity index (χ0v) is 43.7. The van der Waals surface area contributed by atoms with E-state index in [9.17, 15) is 10.0 Å². The van der Waals surface area contributed by atoms with E-state index in [2.05, 4.69) is 88.3 Å². The van der Waals surface area contributed by atoms with Gasteiger partial charge in [-0.05, 0) is 125 Å². The highest BCUT2D eigenvalue weighted by molar-refractivity contribution is 6.87. The molecule has 350 valence electrons. The molecule has 59 heavy (non-hydrogen) atoms. The number of hydrogen-bond donors (Lipinski definition) is 0. The van der Waals surface area contributed by atoms with Gasteiger partial charge in [0.05, 0.1) is 52.4 Å². The first-order chi connectivity index (χ1) is 28.4. The molecule has 0 amide bonds. The summed E-state index contributed by atoms with van der Waals surface area (Å²) in [6, 6.07) is 4.38. The van der Waals surface area contributed by atoms with Gasteiger partial charge >= 0.3 is 0 Å². The monoisotopic (exact) mass is 847 g/mol. The van der Waals surface area contributed by atoms with Crippen LogP contribution in [0.15, 0.2) is 12.1 Å². The smallest absolute Gasteiger partial charge is 0.199 e. The van der Waals surface area contributed by atoms with Crippen molar-refractivity contribution in [1.29, 1.82) is 0 Å². The van der Waals surface area contributed by atoms with Gasteiger partial charge in [-0.1, -0.05) is 159 Å². The largest absolute Gasteiger partial charge is 0.872 e. The van der Waals surface area contributed by atoms with Crippen LogP contribution in [0.3, 0.4) is 0 Å². The number of aryl methyl sites for hydroxylation is 1. The molecular weight excluding hydrogens is 739 g/mol. The Balaban J connectivity index is 0. The topological polar surface area (TPSA) is 55.3 Å². The molecule has 1 rings (SSSR count). The van der Waals surface area contributed by atoms with Gasteiger partial charge in [-0.15, -0.1) is 0 Å². The van der Waals surface area contributed by atoms with Crippen molar-refractivity contribution < 1.29 is 23.4 Å². The Morgan fingerprint density at radius 3 is 0.949 bits per heavy atom. The van der Waals surface area contributed by atoms with Crippen molar-refractivity contribution in [2.24, 2.45) is 0 Å². The van der Waals surface area contributed by atoms with Crippen LogP contribution in [0, 0.1) is 0 Å². The fourth-order valence-corrected chi connectivity index (χ4v) is 10.9. The van der Waals surface area contributed by atoms with E-state index >= 15 is 0 Å². The van der Waals surface area contributed by atoms with Crippen molar-refractivity contribution in [2.75, 3.05) is 52.4 Å². The molecule has 0 spiro atoms. The summed E-state index contributed by atoms with van der Waals surface area (Å²) in [5.74, 6) is 0. The lowest BCUT2D eigenvalue weighted by atomic mass is 9.91. The average Bonchev–Trinajstić information content (AvgIpc) is 3.23. The third kappa shape index (κ3) is 27.9. The quantitative estimate of drug-likeness (QED) is 0.0499. The molecule has 5 nitrogen and oxygen atoms in total. The predicted octanol–water partition coefficient (Wildman–Crippen LogP) is 12.9. The second-order valence-electron chi connectivity index (χ2n) is 18.8. The SMILES string of the molecule is CCCC[N+](CCCC)(CCCC)CCCC.CCCC[N+](CCCC)(CCCC)CCCC.CCCCc1ccc([Si](C)(C)OB([O-])[O-])c(CCCC)c1CCCC. The van der Waals surface area contributed by atoms with Gasteiger partial charge in [-0.25, -0.2) is 0 Å². The van der Waals surface area contributed by atoms with Crippen LogP contribution in [-0.4, -0.2) is 77.0 Å². The Kier molecular flexibility index (Phi) is 39.9. The number of nitrogens with zero attached hydrogens (tertiary/aromatic N) is 2. The molecular formula is C52H107BN2O3Si. The number of quaternary nitrogens is 2. The maximum atomic E-state index is 11.2. The van der Waals surface area contributed by atoms with Crippen molar-refractivity contribution in [1.82, 2.24) is 0 Å². The first-order valence-corrected chi connectivity index (χ1v) is 29.1. The third-order valence-corrected chi connectivity index (χ3v) is 15.4. The van der Waals surface area contributed by atoms with Crippen LogP contribution in [0.2, 0.25) is 13.1 Å². The van der Waals surface area contributed by atoms with E-state index in [-0.39, 0.29) is 0 Å². The summed E-state index contributed by atoms with van der Waals surface area (Å²) in [6.45, 7) is 40.7. The van der Waals surface area contributed by atoms with E-state index < -0.39 is 15.6 Å². The van der Waals surface area contributed by atoms with Crippen LogP contribution in [-0.2, 0) is 23.6 Å². The molecule has 0 atom stereocenters. The lowest BCUT2D eigenvalue weighted by Crippen LogP contribution is -2.59. The Bertz CT molecular complexity index is 958. The summed E-state index contributed by atoms with van der Waals surface area (Å²) in [5, 5.41) is 23.5. The van der Waals surface area contributed by atoms with Crippen LogP contribution in [0.1, 0.15) is 234 Å². The van der Waals surface area contributed by atoms with E-state index in [1.54, 1.807) is 0 Å². The maximum Gasteiger partial charge on any atom is 0.199 e. The zero-order valence-electron chi connectivity index (χ0n) is 42.7. The summed E-state index contributed by atoms with van der Waals surface area (Å²) >= 11 is 0. The standard InChI is InChI=1S/C20H35BO3Si.2C16H36N/c1-6-9-12-17-15-16-20(25(4,5)24-21(22)23)19(14-11-8-3)18(17)13-10-7-2;2*1-5-9-13-17(14-10-6-2,15-11-7-3)16-12-8-4/h15-16H,6-14H2,1-5H3;2*5-16H2,1-4H3/q-2;2*+1. The minimum Gasteiger partial charge on any atom is -0.872 e. The lowest BCUT2D eigenvalue weighted by molar-refractivity contribution is -0.929. The highest BCUT2D eigenvalue weighted by atomic mass is 28.4. The molecule has 0 unspecified atom stereocenters. The highest BCUT2D eigenvalue weighted by Gasteiger charge is 2.29. The van der Waals surface area contributed by atoms with Gasteiger partial charge in [0, 0.05) is 7.32 Å². The third-order valence-electron chi connectivity index (χ3n) is 12.8. The molecule has 1 aromatic rings. The molecule has 0 radical (unpaired) electrons. The van der Waals surface area contributed by atoms with Crippen LogP contribution < -0.4 is 15.2 Å². The average molecular weight is 847 g/mol. The van der Waals surface area contributed by atoms with E-state index in [1.165, 1.54) is 206 Å². The first-order valence-electron chi connectivity index (χ1n) is 26.2. The van der Waals surface area contributed by atoms with Crippen molar-refractivity contribution in [3.8, 4) is 0 Å². The maximum absolute atomic E-state index is 11.2. The van der Waals surface area contributed by atoms with Gasteiger partial charge in [0.1, 0.15) is 0 Å². The summed E-state index contributed by atoms with van der Waals surface area (Å²) < 4.78 is 8.19. The Morgan fingerprint density at radius 1 is 0.407 bits per heavy atom. The second kappa shape index (κ2) is 38.9. The molecule has 0 heterocycles. The van der Waals surface area contributed by atoms with Crippen LogP contribution in [0.25, 0.3) is 0 Å². The fraction of sp³-hybridized carbons (Fsp3) is 0.885. The van der Waals surface area contributed by atoms with Crippen molar-refractivity contribution >= 4 is 20.8 Å².